The molecule has 2 aliphatic rings. The van der Waals surface area contributed by atoms with Gasteiger partial charge in [0.15, 0.2) is 0 Å². The third kappa shape index (κ3) is 3.44. The van der Waals surface area contributed by atoms with Gasteiger partial charge in [-0.15, -0.1) is 0 Å². The second kappa shape index (κ2) is 5.83. The minimum absolute atomic E-state index is 0.0262. The molecule has 2 rings (SSSR count). The minimum atomic E-state index is -5.59. The van der Waals surface area contributed by atoms with Crippen LogP contribution in [-0.2, 0) is 14.3 Å². The topological polar surface area (TPSA) is 43.4 Å². The number of allylic oxidation sites excluding steroid dienone is 4. The SMILES string of the molecule is CC(C)=CCC[C@@]1(C)[C@@H]2C(OS(=O)(=O)C(F)(F)F)=C(C)CC[C@@H]21. The predicted molar refractivity (Wildman–Crippen MR) is 81.7 cm³/mol. The van der Waals surface area contributed by atoms with E-state index in [0.29, 0.717) is 12.0 Å². The lowest BCUT2D eigenvalue weighted by atomic mass is 9.96. The summed E-state index contributed by atoms with van der Waals surface area (Å²) in [4.78, 5) is 0. The molecular weight excluding hydrogens is 329 g/mol. The maximum Gasteiger partial charge on any atom is 0.534 e. The number of hydrogen-bond acceptors (Lipinski definition) is 3. The molecule has 2 aliphatic carbocycles. The van der Waals surface area contributed by atoms with Crippen molar-refractivity contribution in [3.63, 3.8) is 0 Å². The summed E-state index contributed by atoms with van der Waals surface area (Å²) in [6.45, 7) is 7.67. The molecule has 0 heterocycles. The summed E-state index contributed by atoms with van der Waals surface area (Å²) < 4.78 is 65.0. The highest BCUT2D eigenvalue weighted by atomic mass is 32.2. The molecule has 0 amide bonds. The fourth-order valence-corrected chi connectivity index (χ4v) is 4.28. The Morgan fingerprint density at radius 1 is 1.39 bits per heavy atom. The second-order valence-corrected chi connectivity index (χ2v) is 8.61. The van der Waals surface area contributed by atoms with E-state index in [1.807, 2.05) is 20.8 Å². The fourth-order valence-electron chi connectivity index (χ4n) is 3.70. The largest absolute Gasteiger partial charge is 0.534 e. The Morgan fingerprint density at radius 3 is 2.52 bits per heavy atom. The molecule has 0 aliphatic heterocycles. The molecule has 0 radical (unpaired) electrons. The van der Waals surface area contributed by atoms with Crippen molar-refractivity contribution in [1.82, 2.24) is 0 Å². The normalized spacial score (nSPS) is 30.7. The molecule has 3 atom stereocenters. The first-order chi connectivity index (χ1) is 10.4. The first-order valence-corrected chi connectivity index (χ1v) is 9.15. The van der Waals surface area contributed by atoms with E-state index in [-0.39, 0.29) is 23.0 Å². The van der Waals surface area contributed by atoms with E-state index in [9.17, 15) is 21.6 Å². The maximum absolute atomic E-state index is 12.6. The molecular formula is C16H23F3O3S. The highest BCUT2D eigenvalue weighted by Gasteiger charge is 2.65. The molecule has 0 bridgehead atoms. The fraction of sp³-hybridized carbons (Fsp3) is 0.750. The summed E-state index contributed by atoms with van der Waals surface area (Å²) in [5.74, 6) is 0.00686. The molecule has 0 aromatic heterocycles. The van der Waals surface area contributed by atoms with Crippen LogP contribution in [0.5, 0.6) is 0 Å². The van der Waals surface area contributed by atoms with Gasteiger partial charge in [0.1, 0.15) is 5.76 Å². The van der Waals surface area contributed by atoms with Gasteiger partial charge in [-0.05, 0) is 63.4 Å². The number of fused-ring (bicyclic) bond motifs is 1. The van der Waals surface area contributed by atoms with Crippen LogP contribution in [0.2, 0.25) is 0 Å². The van der Waals surface area contributed by atoms with E-state index in [2.05, 4.69) is 10.3 Å². The van der Waals surface area contributed by atoms with Crippen LogP contribution in [-0.4, -0.2) is 13.9 Å². The quantitative estimate of drug-likeness (QED) is 0.401. The van der Waals surface area contributed by atoms with Crippen molar-refractivity contribution in [2.45, 2.75) is 58.9 Å². The van der Waals surface area contributed by atoms with Crippen molar-refractivity contribution < 1.29 is 25.8 Å². The van der Waals surface area contributed by atoms with Gasteiger partial charge in [-0.2, -0.15) is 21.6 Å². The van der Waals surface area contributed by atoms with Crippen molar-refractivity contribution in [3.05, 3.63) is 23.0 Å². The molecule has 132 valence electrons. The minimum Gasteiger partial charge on any atom is -0.380 e. The van der Waals surface area contributed by atoms with Crippen LogP contribution in [0.15, 0.2) is 23.0 Å². The molecule has 0 unspecified atom stereocenters. The van der Waals surface area contributed by atoms with E-state index in [4.69, 9.17) is 0 Å². The number of rotatable bonds is 5. The van der Waals surface area contributed by atoms with E-state index in [0.717, 1.165) is 19.3 Å². The Morgan fingerprint density at radius 2 is 2.00 bits per heavy atom. The zero-order valence-electron chi connectivity index (χ0n) is 13.8. The third-order valence-electron chi connectivity index (χ3n) is 5.10. The van der Waals surface area contributed by atoms with Gasteiger partial charge >= 0.3 is 15.6 Å². The van der Waals surface area contributed by atoms with Crippen LogP contribution >= 0.6 is 0 Å². The first kappa shape index (κ1) is 18.4. The Kier molecular flexibility index (Phi) is 4.65. The highest BCUT2D eigenvalue weighted by molar-refractivity contribution is 7.87. The smallest absolute Gasteiger partial charge is 0.380 e. The Labute approximate surface area is 135 Å². The summed E-state index contributed by atoms with van der Waals surface area (Å²) >= 11 is 0. The lowest BCUT2D eigenvalue weighted by Crippen LogP contribution is -2.26. The Balaban J connectivity index is 2.19. The molecule has 0 aromatic rings. The Bertz CT molecular complexity index is 642. The molecule has 23 heavy (non-hydrogen) atoms. The van der Waals surface area contributed by atoms with E-state index < -0.39 is 15.6 Å². The summed E-state index contributed by atoms with van der Waals surface area (Å²) in [7, 11) is -5.59. The first-order valence-electron chi connectivity index (χ1n) is 7.74. The Hall–Kier alpha value is -0.980. The summed E-state index contributed by atoms with van der Waals surface area (Å²) in [5, 5.41) is 0. The maximum atomic E-state index is 12.6. The van der Waals surface area contributed by atoms with Crippen LogP contribution in [0.1, 0.15) is 53.4 Å². The number of alkyl halides is 3. The van der Waals surface area contributed by atoms with Crippen molar-refractivity contribution in [2.75, 3.05) is 0 Å². The summed E-state index contributed by atoms with van der Waals surface area (Å²) in [5.41, 5.74) is -3.76. The van der Waals surface area contributed by atoms with E-state index >= 15 is 0 Å². The predicted octanol–water partition coefficient (Wildman–Crippen LogP) is 4.92. The molecule has 7 heteroatoms. The summed E-state index contributed by atoms with van der Waals surface area (Å²) in [6, 6.07) is 0. The third-order valence-corrected chi connectivity index (χ3v) is 6.07. The van der Waals surface area contributed by atoms with Gasteiger partial charge < -0.3 is 4.18 Å². The lowest BCUT2D eigenvalue weighted by molar-refractivity contribution is -0.0526. The molecule has 0 aromatic carbocycles. The summed E-state index contributed by atoms with van der Waals surface area (Å²) in [6.07, 6.45) is 5.21. The van der Waals surface area contributed by atoms with Gasteiger partial charge in [0.05, 0.1) is 0 Å². The zero-order valence-corrected chi connectivity index (χ0v) is 14.6. The van der Waals surface area contributed by atoms with Gasteiger partial charge in [0, 0.05) is 5.92 Å². The van der Waals surface area contributed by atoms with Gasteiger partial charge in [-0.1, -0.05) is 18.6 Å². The molecule has 1 saturated carbocycles. The molecule has 3 nitrogen and oxygen atoms in total. The van der Waals surface area contributed by atoms with Crippen LogP contribution in [0, 0.1) is 17.3 Å². The van der Waals surface area contributed by atoms with Crippen molar-refractivity contribution in [3.8, 4) is 0 Å². The standard InChI is InChI=1S/C16H23F3O3S/c1-10(2)6-5-9-15(4)12-8-7-11(3)14(13(12)15)22-23(20,21)16(17,18)19/h6,12-13H,5,7-9H2,1-4H3/t12-,13-,15+/m0/s1. The number of halogens is 3. The van der Waals surface area contributed by atoms with Crippen LogP contribution in [0.4, 0.5) is 13.2 Å². The zero-order chi connectivity index (χ0) is 17.6. The number of hydrogen-bond donors (Lipinski definition) is 0. The van der Waals surface area contributed by atoms with Crippen molar-refractivity contribution >= 4 is 10.1 Å². The van der Waals surface area contributed by atoms with Crippen LogP contribution in [0.25, 0.3) is 0 Å². The molecule has 0 saturated heterocycles. The molecule has 0 spiro atoms. The average Bonchev–Trinajstić information content (AvgIpc) is 2.96. The van der Waals surface area contributed by atoms with Crippen molar-refractivity contribution in [1.29, 1.82) is 0 Å². The van der Waals surface area contributed by atoms with E-state index in [1.165, 1.54) is 5.57 Å². The van der Waals surface area contributed by atoms with Gasteiger partial charge in [-0.3, -0.25) is 0 Å². The van der Waals surface area contributed by atoms with Crippen molar-refractivity contribution in [2.24, 2.45) is 17.3 Å². The second-order valence-electron chi connectivity index (χ2n) is 7.08. The van der Waals surface area contributed by atoms with Gasteiger partial charge in [0.25, 0.3) is 0 Å². The molecule has 0 N–H and O–H groups in total. The lowest BCUT2D eigenvalue weighted by Gasteiger charge is -2.18. The van der Waals surface area contributed by atoms with E-state index in [1.54, 1.807) is 6.92 Å². The van der Waals surface area contributed by atoms with Crippen LogP contribution < -0.4 is 0 Å². The van der Waals surface area contributed by atoms with Gasteiger partial charge in [0.2, 0.25) is 0 Å². The highest BCUT2D eigenvalue weighted by Crippen LogP contribution is 2.69. The average molecular weight is 352 g/mol. The van der Waals surface area contributed by atoms with Gasteiger partial charge in [-0.25, -0.2) is 0 Å². The monoisotopic (exact) mass is 352 g/mol. The van der Waals surface area contributed by atoms with Crippen LogP contribution in [0.3, 0.4) is 0 Å². The molecule has 1 fully saturated rings.